The number of amides is 1. The Kier molecular flexibility index (Phi) is 9.24. The van der Waals surface area contributed by atoms with Crippen LogP contribution in [0.25, 0.3) is 0 Å². The van der Waals surface area contributed by atoms with Crippen molar-refractivity contribution in [1.82, 2.24) is 4.90 Å². The van der Waals surface area contributed by atoms with Gasteiger partial charge < -0.3 is 10.6 Å². The lowest BCUT2D eigenvalue weighted by molar-refractivity contribution is -0.164. The number of nitrogens with two attached hydrogens (primary N) is 1. The molecule has 0 bridgehead atoms. The molecule has 1 amide bonds. The monoisotopic (exact) mass is 352 g/mol. The van der Waals surface area contributed by atoms with E-state index in [-0.39, 0.29) is 19.0 Å². The molecule has 2 N–H and O–H groups in total. The van der Waals surface area contributed by atoms with Crippen LogP contribution in [0.1, 0.15) is 38.3 Å². The molecule has 0 aliphatic carbocycles. The molecule has 7 heteroatoms. The second-order valence-corrected chi connectivity index (χ2v) is 5.45. The first kappa shape index (κ1) is 21.7. The first-order chi connectivity index (χ1) is 10.3. The van der Waals surface area contributed by atoms with Crippen LogP contribution in [0.15, 0.2) is 30.3 Å². The summed E-state index contributed by atoms with van der Waals surface area (Å²) >= 11 is 0. The van der Waals surface area contributed by atoms with E-state index in [1.165, 1.54) is 0 Å². The molecule has 2 unspecified atom stereocenters. The Morgan fingerprint density at radius 1 is 1.26 bits per heavy atom. The second-order valence-electron chi connectivity index (χ2n) is 5.45. The lowest BCUT2D eigenvalue weighted by Gasteiger charge is -2.29. The molecule has 0 fully saturated rings. The summed E-state index contributed by atoms with van der Waals surface area (Å²) in [5.74, 6) is -1.26. The van der Waals surface area contributed by atoms with Crippen LogP contribution in [0, 0.1) is 5.92 Å². The lowest BCUT2D eigenvalue weighted by Crippen LogP contribution is -2.44. The SMILES string of the molecule is CCCCN(CC(F)(F)F)C(=O)C(C)C(N)c1ccccc1.Cl. The fourth-order valence-corrected chi connectivity index (χ4v) is 2.24. The van der Waals surface area contributed by atoms with E-state index in [0.717, 1.165) is 16.9 Å². The summed E-state index contributed by atoms with van der Waals surface area (Å²) in [7, 11) is 0. The van der Waals surface area contributed by atoms with Gasteiger partial charge in [0, 0.05) is 12.6 Å². The Balaban J connectivity index is 0.00000484. The van der Waals surface area contributed by atoms with Gasteiger partial charge in [0.25, 0.3) is 0 Å². The van der Waals surface area contributed by atoms with Gasteiger partial charge in [-0.3, -0.25) is 4.79 Å². The van der Waals surface area contributed by atoms with Gasteiger partial charge in [0.1, 0.15) is 6.54 Å². The maximum absolute atomic E-state index is 12.7. The van der Waals surface area contributed by atoms with Crippen LogP contribution in [0.3, 0.4) is 0 Å². The van der Waals surface area contributed by atoms with E-state index in [4.69, 9.17) is 5.73 Å². The largest absolute Gasteiger partial charge is 0.406 e. The van der Waals surface area contributed by atoms with E-state index in [1.54, 1.807) is 31.2 Å². The third-order valence-electron chi connectivity index (χ3n) is 3.58. The highest BCUT2D eigenvalue weighted by molar-refractivity contribution is 5.85. The van der Waals surface area contributed by atoms with Crippen molar-refractivity contribution in [2.45, 2.75) is 38.9 Å². The number of alkyl halides is 3. The fourth-order valence-electron chi connectivity index (χ4n) is 2.24. The van der Waals surface area contributed by atoms with Crippen molar-refractivity contribution in [2.75, 3.05) is 13.1 Å². The fraction of sp³-hybridized carbons (Fsp3) is 0.562. The minimum Gasteiger partial charge on any atom is -0.333 e. The summed E-state index contributed by atoms with van der Waals surface area (Å²) in [6, 6.07) is 8.32. The van der Waals surface area contributed by atoms with Crippen molar-refractivity contribution in [1.29, 1.82) is 0 Å². The highest BCUT2D eigenvalue weighted by Gasteiger charge is 2.35. The highest BCUT2D eigenvalue weighted by Crippen LogP contribution is 2.24. The average Bonchev–Trinajstić information content (AvgIpc) is 2.49. The summed E-state index contributed by atoms with van der Waals surface area (Å²) in [5, 5.41) is 0. The van der Waals surface area contributed by atoms with E-state index in [2.05, 4.69) is 0 Å². The number of hydrogen-bond acceptors (Lipinski definition) is 2. The number of nitrogens with zero attached hydrogens (tertiary/aromatic N) is 1. The molecule has 1 aromatic rings. The zero-order valence-corrected chi connectivity index (χ0v) is 14.2. The van der Waals surface area contributed by atoms with E-state index < -0.39 is 30.6 Å². The third-order valence-corrected chi connectivity index (χ3v) is 3.58. The molecule has 0 saturated carbocycles. The van der Waals surface area contributed by atoms with Crippen LogP contribution in [-0.2, 0) is 4.79 Å². The number of carbonyl (C=O) groups excluding carboxylic acids is 1. The lowest BCUT2D eigenvalue weighted by atomic mass is 9.94. The molecule has 2 atom stereocenters. The van der Waals surface area contributed by atoms with Gasteiger partial charge in [-0.25, -0.2) is 0 Å². The Hall–Kier alpha value is -1.27. The molecule has 0 aliphatic heterocycles. The van der Waals surface area contributed by atoms with Gasteiger partial charge in [0.05, 0.1) is 5.92 Å². The van der Waals surface area contributed by atoms with Gasteiger partial charge in [-0.2, -0.15) is 13.2 Å². The summed E-state index contributed by atoms with van der Waals surface area (Å²) in [5.41, 5.74) is 6.78. The van der Waals surface area contributed by atoms with Crippen LogP contribution in [0.4, 0.5) is 13.2 Å². The molecule has 132 valence electrons. The predicted octanol–water partition coefficient (Wildman–Crippen LogP) is 3.94. The van der Waals surface area contributed by atoms with E-state index in [1.807, 2.05) is 13.0 Å². The molecule has 1 rings (SSSR count). The number of carbonyl (C=O) groups is 1. The van der Waals surface area contributed by atoms with Gasteiger partial charge in [-0.05, 0) is 12.0 Å². The highest BCUT2D eigenvalue weighted by atomic mass is 35.5. The summed E-state index contributed by atoms with van der Waals surface area (Å²) in [4.78, 5) is 13.3. The molecule has 0 aliphatic rings. The van der Waals surface area contributed by atoms with Crippen molar-refractivity contribution in [3.05, 3.63) is 35.9 Å². The van der Waals surface area contributed by atoms with Gasteiger partial charge in [-0.15, -0.1) is 12.4 Å². The van der Waals surface area contributed by atoms with E-state index in [0.29, 0.717) is 6.42 Å². The number of unbranched alkanes of at least 4 members (excludes halogenated alkanes) is 1. The van der Waals surface area contributed by atoms with E-state index >= 15 is 0 Å². The van der Waals surface area contributed by atoms with Crippen molar-refractivity contribution < 1.29 is 18.0 Å². The third kappa shape index (κ3) is 7.22. The minimum absolute atomic E-state index is 0. The molecule has 1 aromatic carbocycles. The van der Waals surface area contributed by atoms with Crippen LogP contribution < -0.4 is 5.73 Å². The number of halogens is 4. The average molecular weight is 353 g/mol. The number of benzene rings is 1. The Bertz CT molecular complexity index is 468. The normalized spacial score (nSPS) is 13.8. The van der Waals surface area contributed by atoms with E-state index in [9.17, 15) is 18.0 Å². The van der Waals surface area contributed by atoms with Crippen molar-refractivity contribution >= 4 is 18.3 Å². The maximum atomic E-state index is 12.7. The van der Waals surface area contributed by atoms with Crippen LogP contribution in [0.5, 0.6) is 0 Å². The second kappa shape index (κ2) is 9.78. The van der Waals surface area contributed by atoms with Crippen molar-refractivity contribution in [3.63, 3.8) is 0 Å². The number of rotatable bonds is 7. The zero-order valence-electron chi connectivity index (χ0n) is 13.3. The first-order valence-corrected chi connectivity index (χ1v) is 7.42. The standard InChI is InChI=1S/C16H23F3N2O.ClH/c1-3-4-10-21(11-16(17,18)19)15(22)12(2)14(20)13-8-6-5-7-9-13;/h5-9,12,14H,3-4,10-11,20H2,1-2H3;1H. The molecule has 0 heterocycles. The van der Waals surface area contributed by atoms with Crippen molar-refractivity contribution in [3.8, 4) is 0 Å². The molecule has 0 aromatic heterocycles. The molecule has 0 radical (unpaired) electrons. The van der Waals surface area contributed by atoms with Crippen molar-refractivity contribution in [2.24, 2.45) is 11.7 Å². The van der Waals surface area contributed by atoms with Crippen LogP contribution >= 0.6 is 12.4 Å². The summed E-state index contributed by atoms with van der Waals surface area (Å²) in [6.45, 7) is 2.32. The maximum Gasteiger partial charge on any atom is 0.406 e. The van der Waals surface area contributed by atoms with Crippen LogP contribution in [-0.4, -0.2) is 30.1 Å². The Labute approximate surface area is 141 Å². The quantitative estimate of drug-likeness (QED) is 0.808. The smallest absolute Gasteiger partial charge is 0.333 e. The van der Waals surface area contributed by atoms with Gasteiger partial charge in [0.15, 0.2) is 0 Å². The summed E-state index contributed by atoms with van der Waals surface area (Å²) < 4.78 is 38.0. The first-order valence-electron chi connectivity index (χ1n) is 7.42. The molecular weight excluding hydrogens is 329 g/mol. The van der Waals surface area contributed by atoms with Gasteiger partial charge >= 0.3 is 6.18 Å². The molecule has 0 spiro atoms. The molecule has 23 heavy (non-hydrogen) atoms. The minimum atomic E-state index is -4.40. The molecular formula is C16H24ClF3N2O. The summed E-state index contributed by atoms with van der Waals surface area (Å²) in [6.07, 6.45) is -3.14. The molecule has 0 saturated heterocycles. The van der Waals surface area contributed by atoms with Gasteiger partial charge in [-0.1, -0.05) is 50.6 Å². The number of hydrogen-bond donors (Lipinski definition) is 1. The van der Waals surface area contributed by atoms with Crippen LogP contribution in [0.2, 0.25) is 0 Å². The predicted molar refractivity (Wildman–Crippen MR) is 87.3 cm³/mol. The Morgan fingerprint density at radius 2 is 1.83 bits per heavy atom. The zero-order chi connectivity index (χ0) is 16.8. The topological polar surface area (TPSA) is 46.3 Å². The van der Waals surface area contributed by atoms with Gasteiger partial charge in [0.2, 0.25) is 5.91 Å². The molecule has 3 nitrogen and oxygen atoms in total. The Morgan fingerprint density at radius 3 is 2.30 bits per heavy atom.